The lowest BCUT2D eigenvalue weighted by Crippen LogP contribution is -2.48. The summed E-state index contributed by atoms with van der Waals surface area (Å²) in [4.78, 5) is 19.7. The van der Waals surface area contributed by atoms with Crippen LogP contribution in [0.1, 0.15) is 62.8 Å². The number of amides is 1. The fourth-order valence-electron chi connectivity index (χ4n) is 4.99. The molecule has 0 N–H and O–H groups in total. The van der Waals surface area contributed by atoms with Crippen LogP contribution in [-0.2, 0) is 16.7 Å². The summed E-state index contributed by atoms with van der Waals surface area (Å²) in [6.07, 6.45) is 3.85. The van der Waals surface area contributed by atoms with E-state index in [4.69, 9.17) is 4.74 Å². The number of benzene rings is 2. The summed E-state index contributed by atoms with van der Waals surface area (Å²) >= 11 is 0. The van der Waals surface area contributed by atoms with Gasteiger partial charge in [0, 0.05) is 24.2 Å². The summed E-state index contributed by atoms with van der Waals surface area (Å²) in [6.45, 7) is 2.49. The molecule has 0 radical (unpaired) electrons. The highest BCUT2D eigenvalue weighted by Crippen LogP contribution is 2.38. The number of nitrogens with zero attached hydrogens (tertiary/aromatic N) is 3. The van der Waals surface area contributed by atoms with Crippen LogP contribution in [0, 0.1) is 5.21 Å². The number of aromatic nitrogens is 2. The molecule has 8 nitrogen and oxygen atoms in total. The van der Waals surface area contributed by atoms with E-state index in [2.05, 4.69) is 14.5 Å². The molecule has 4 rings (SSSR count). The van der Waals surface area contributed by atoms with Crippen LogP contribution in [-0.4, -0.2) is 29.9 Å². The number of anilines is 1. The van der Waals surface area contributed by atoms with E-state index in [0.717, 1.165) is 17.2 Å². The summed E-state index contributed by atoms with van der Waals surface area (Å²) in [6, 6.07) is 19.8. The lowest BCUT2D eigenvalue weighted by Gasteiger charge is -2.39. The fraction of sp³-hybridized carbons (Fsp3) is 0.324. The summed E-state index contributed by atoms with van der Waals surface area (Å²) in [7, 11) is 0. The van der Waals surface area contributed by atoms with E-state index in [1.165, 1.54) is 29.4 Å². The van der Waals surface area contributed by atoms with Crippen molar-refractivity contribution in [3.8, 4) is 11.5 Å². The standard InChI is InChI=1S/C34H35F4N3O5/c1-33(2,3)46-32(42)41(34(4,5)25-9-7-6-8-10-25)29-14-12-24(21-39-29)26(19-22-15-17-40(43)18-16-22)23-11-13-27(44-30(35)36)28(20-23)45-31(37)38/h6-18,20-21,26,30-31H,19H2,1-5H3. The molecule has 0 saturated heterocycles. The van der Waals surface area contributed by atoms with Gasteiger partial charge in [-0.3, -0.25) is 4.90 Å². The maximum Gasteiger partial charge on any atom is 0.416 e. The number of halogens is 4. The second-order valence-electron chi connectivity index (χ2n) is 12.0. The molecule has 2 aromatic carbocycles. The Kier molecular flexibility index (Phi) is 10.4. The average molecular weight is 642 g/mol. The van der Waals surface area contributed by atoms with Crippen LogP contribution in [0.5, 0.6) is 11.5 Å². The van der Waals surface area contributed by atoms with Crippen LogP contribution in [0.3, 0.4) is 0 Å². The second kappa shape index (κ2) is 14.1. The first kappa shape index (κ1) is 34.0. The Morgan fingerprint density at radius 1 is 0.848 bits per heavy atom. The van der Waals surface area contributed by atoms with Crippen molar-refractivity contribution >= 4 is 11.9 Å². The van der Waals surface area contributed by atoms with E-state index in [1.54, 1.807) is 51.2 Å². The second-order valence-corrected chi connectivity index (χ2v) is 12.0. The fourth-order valence-corrected chi connectivity index (χ4v) is 4.99. The molecule has 12 heteroatoms. The Balaban J connectivity index is 1.79. The van der Waals surface area contributed by atoms with Gasteiger partial charge < -0.3 is 19.4 Å². The number of hydrogen-bond acceptors (Lipinski definition) is 6. The summed E-state index contributed by atoms with van der Waals surface area (Å²) < 4.78 is 67.8. The lowest BCUT2D eigenvalue weighted by atomic mass is 9.86. The molecule has 0 saturated carbocycles. The lowest BCUT2D eigenvalue weighted by molar-refractivity contribution is -0.605. The molecule has 1 unspecified atom stereocenters. The van der Waals surface area contributed by atoms with Gasteiger partial charge in [-0.2, -0.15) is 22.3 Å². The van der Waals surface area contributed by atoms with Crippen LogP contribution in [0.25, 0.3) is 0 Å². The van der Waals surface area contributed by atoms with Crippen molar-refractivity contribution < 1.29 is 41.3 Å². The third-order valence-corrected chi connectivity index (χ3v) is 7.13. The molecule has 0 fully saturated rings. The minimum atomic E-state index is -3.29. The molecule has 244 valence electrons. The van der Waals surface area contributed by atoms with E-state index in [-0.39, 0.29) is 6.42 Å². The van der Waals surface area contributed by atoms with Crippen molar-refractivity contribution in [3.63, 3.8) is 0 Å². The maximum absolute atomic E-state index is 13.6. The quantitative estimate of drug-likeness (QED) is 0.0938. The van der Waals surface area contributed by atoms with Crippen LogP contribution < -0.4 is 19.1 Å². The summed E-state index contributed by atoms with van der Waals surface area (Å²) in [5, 5.41) is 11.6. The first-order chi connectivity index (χ1) is 21.6. The molecule has 1 amide bonds. The van der Waals surface area contributed by atoms with Crippen LogP contribution in [0.15, 0.2) is 91.4 Å². The predicted octanol–water partition coefficient (Wildman–Crippen LogP) is 7.97. The van der Waals surface area contributed by atoms with Crippen molar-refractivity contribution in [2.75, 3.05) is 4.90 Å². The Bertz CT molecular complexity index is 1600. The molecule has 0 aliphatic rings. The van der Waals surface area contributed by atoms with Gasteiger partial charge in [0.05, 0.1) is 5.54 Å². The molecule has 2 aromatic heterocycles. The van der Waals surface area contributed by atoms with Crippen molar-refractivity contribution in [1.82, 2.24) is 4.98 Å². The Labute approximate surface area is 264 Å². The minimum absolute atomic E-state index is 0.274. The minimum Gasteiger partial charge on any atom is -0.619 e. The predicted molar refractivity (Wildman–Crippen MR) is 163 cm³/mol. The number of carbonyl (C=O) groups excluding carboxylic acids is 1. The van der Waals surface area contributed by atoms with Gasteiger partial charge in [0.1, 0.15) is 11.4 Å². The number of pyridine rings is 2. The van der Waals surface area contributed by atoms with Gasteiger partial charge in [0.25, 0.3) is 0 Å². The van der Waals surface area contributed by atoms with E-state index in [9.17, 15) is 27.6 Å². The SMILES string of the molecule is CC(C)(C)OC(=O)N(c1ccc(C(Cc2cc[n+]([O-])cc2)c2ccc(OC(F)F)c(OC(F)F)c2)cn1)C(C)(C)c1ccccc1. The van der Waals surface area contributed by atoms with Crippen molar-refractivity contribution in [3.05, 3.63) is 119 Å². The van der Waals surface area contributed by atoms with Gasteiger partial charge in [-0.15, -0.1) is 0 Å². The molecule has 0 aliphatic heterocycles. The highest BCUT2D eigenvalue weighted by molar-refractivity contribution is 5.88. The number of rotatable bonds is 11. The normalized spacial score (nSPS) is 12.6. The van der Waals surface area contributed by atoms with E-state index < -0.39 is 47.9 Å². The van der Waals surface area contributed by atoms with Crippen molar-refractivity contribution in [2.24, 2.45) is 0 Å². The molecule has 0 bridgehead atoms. The highest BCUT2D eigenvalue weighted by Gasteiger charge is 2.38. The van der Waals surface area contributed by atoms with Crippen LogP contribution >= 0.6 is 0 Å². The largest absolute Gasteiger partial charge is 0.619 e. The van der Waals surface area contributed by atoms with Gasteiger partial charge in [0.15, 0.2) is 23.9 Å². The first-order valence-electron chi connectivity index (χ1n) is 14.4. The van der Waals surface area contributed by atoms with Gasteiger partial charge in [-0.1, -0.05) is 42.5 Å². The summed E-state index contributed by atoms with van der Waals surface area (Å²) in [5.41, 5.74) is 0.919. The third-order valence-electron chi connectivity index (χ3n) is 7.13. The number of ether oxygens (including phenoxy) is 3. The van der Waals surface area contributed by atoms with Crippen LogP contribution in [0.2, 0.25) is 0 Å². The number of alkyl halides is 4. The summed E-state index contributed by atoms with van der Waals surface area (Å²) in [5.74, 6) is -1.38. The van der Waals surface area contributed by atoms with E-state index in [0.29, 0.717) is 21.7 Å². The topological polar surface area (TPSA) is 87.8 Å². The Morgan fingerprint density at radius 2 is 1.46 bits per heavy atom. The van der Waals surface area contributed by atoms with Gasteiger partial charge >= 0.3 is 19.3 Å². The van der Waals surface area contributed by atoms with Crippen molar-refractivity contribution in [2.45, 2.75) is 71.3 Å². The highest BCUT2D eigenvalue weighted by atomic mass is 19.3. The molecule has 46 heavy (non-hydrogen) atoms. The first-order valence-corrected chi connectivity index (χ1v) is 14.4. The zero-order chi connectivity index (χ0) is 33.6. The van der Waals surface area contributed by atoms with E-state index >= 15 is 0 Å². The van der Waals surface area contributed by atoms with E-state index in [1.807, 2.05) is 44.2 Å². The van der Waals surface area contributed by atoms with Crippen LogP contribution in [0.4, 0.5) is 28.2 Å². The smallest absolute Gasteiger partial charge is 0.416 e. The number of carbonyl (C=O) groups is 1. The number of hydrogen-bond donors (Lipinski definition) is 0. The van der Waals surface area contributed by atoms with Gasteiger partial charge in [0.2, 0.25) is 0 Å². The van der Waals surface area contributed by atoms with Crippen molar-refractivity contribution in [1.29, 1.82) is 0 Å². The Morgan fingerprint density at radius 3 is 2.02 bits per heavy atom. The molecule has 0 spiro atoms. The zero-order valence-electron chi connectivity index (χ0n) is 26.0. The third kappa shape index (κ3) is 8.64. The monoisotopic (exact) mass is 641 g/mol. The molecular formula is C34H35F4N3O5. The van der Waals surface area contributed by atoms with Gasteiger partial charge in [-0.05, 0) is 81.5 Å². The maximum atomic E-state index is 13.6. The Hall–Kier alpha value is -4.87. The molecule has 1 atom stereocenters. The molecule has 0 aliphatic carbocycles. The average Bonchev–Trinajstić information content (AvgIpc) is 2.97. The molecule has 4 aromatic rings. The molecule has 2 heterocycles. The molecular weight excluding hydrogens is 606 g/mol. The zero-order valence-corrected chi connectivity index (χ0v) is 26.0. The van der Waals surface area contributed by atoms with Gasteiger partial charge in [-0.25, -0.2) is 9.78 Å².